The van der Waals surface area contributed by atoms with Crippen molar-refractivity contribution in [1.29, 1.82) is 0 Å². The molecular weight excluding hydrogens is 214 g/mol. The van der Waals surface area contributed by atoms with Crippen molar-refractivity contribution in [1.82, 2.24) is 5.32 Å². The van der Waals surface area contributed by atoms with Crippen molar-refractivity contribution in [2.45, 2.75) is 72.4 Å². The molecule has 0 rings (SSSR count). The number of carbonyl (C=O) groups excluding carboxylic acids is 1. The molecule has 0 aromatic heterocycles. The molecule has 0 saturated carbocycles. The molecule has 0 saturated heterocycles. The first-order valence-corrected chi connectivity index (χ1v) is 6.59. The molecule has 0 aliphatic rings. The normalized spacial score (nSPS) is 12.9. The van der Waals surface area contributed by atoms with Gasteiger partial charge in [0.2, 0.25) is 0 Å². The molecule has 0 atom stereocenters. The summed E-state index contributed by atoms with van der Waals surface area (Å²) in [5.74, 6) is 0.309. The van der Waals surface area contributed by atoms with E-state index in [2.05, 4.69) is 19.2 Å². The summed E-state index contributed by atoms with van der Waals surface area (Å²) in [6.45, 7) is 14.7. The first-order valence-electron chi connectivity index (χ1n) is 6.59. The van der Waals surface area contributed by atoms with Crippen LogP contribution in [0.3, 0.4) is 0 Å². The molecule has 0 bridgehead atoms. The van der Waals surface area contributed by atoms with Crippen LogP contribution in [0.1, 0.15) is 61.3 Å². The average molecular weight is 243 g/mol. The van der Waals surface area contributed by atoms with Crippen LogP contribution in [0.5, 0.6) is 0 Å². The first-order chi connectivity index (χ1) is 7.62. The summed E-state index contributed by atoms with van der Waals surface area (Å²) in [6.07, 6.45) is 2.10. The second-order valence-electron chi connectivity index (χ2n) is 6.28. The lowest BCUT2D eigenvalue weighted by atomic mass is 9.99. The summed E-state index contributed by atoms with van der Waals surface area (Å²) >= 11 is 0. The largest absolute Gasteiger partial charge is 0.464 e. The van der Waals surface area contributed by atoms with Crippen molar-refractivity contribution in [2.24, 2.45) is 5.92 Å². The molecule has 0 aliphatic heterocycles. The van der Waals surface area contributed by atoms with Crippen LogP contribution in [0.2, 0.25) is 0 Å². The lowest BCUT2D eigenvalue weighted by Gasteiger charge is -2.33. The van der Waals surface area contributed by atoms with Gasteiger partial charge in [0.05, 0.1) is 6.61 Å². The Kier molecular flexibility index (Phi) is 6.17. The van der Waals surface area contributed by atoms with Gasteiger partial charge in [-0.2, -0.15) is 0 Å². The van der Waals surface area contributed by atoms with Gasteiger partial charge in [-0.1, -0.05) is 26.7 Å². The summed E-state index contributed by atoms with van der Waals surface area (Å²) < 4.78 is 5.40. The number of hydrogen-bond donors (Lipinski definition) is 1. The SMILES string of the molecule is CCC(CC)COC(=O)C(C)(C)NC(C)(C)C. The topological polar surface area (TPSA) is 38.3 Å². The predicted octanol–water partition coefficient (Wildman–Crippen LogP) is 3.13. The third kappa shape index (κ3) is 6.67. The molecule has 0 fully saturated rings. The van der Waals surface area contributed by atoms with E-state index in [1.54, 1.807) is 0 Å². The van der Waals surface area contributed by atoms with Crippen LogP contribution in [0.25, 0.3) is 0 Å². The van der Waals surface area contributed by atoms with Gasteiger partial charge >= 0.3 is 5.97 Å². The van der Waals surface area contributed by atoms with Crippen LogP contribution in [-0.4, -0.2) is 23.7 Å². The maximum Gasteiger partial charge on any atom is 0.325 e. The highest BCUT2D eigenvalue weighted by molar-refractivity contribution is 5.79. The minimum atomic E-state index is -0.635. The van der Waals surface area contributed by atoms with Gasteiger partial charge in [0, 0.05) is 5.54 Å². The summed E-state index contributed by atoms with van der Waals surface area (Å²) in [6, 6.07) is 0. The van der Waals surface area contributed by atoms with Crippen molar-refractivity contribution in [3.8, 4) is 0 Å². The van der Waals surface area contributed by atoms with Gasteiger partial charge in [0.25, 0.3) is 0 Å². The van der Waals surface area contributed by atoms with E-state index >= 15 is 0 Å². The van der Waals surface area contributed by atoms with Gasteiger partial charge in [-0.05, 0) is 40.5 Å². The van der Waals surface area contributed by atoms with E-state index in [0.717, 1.165) is 12.8 Å². The van der Waals surface area contributed by atoms with Gasteiger partial charge in [-0.3, -0.25) is 10.1 Å². The highest BCUT2D eigenvalue weighted by Gasteiger charge is 2.33. The van der Waals surface area contributed by atoms with Crippen LogP contribution in [0, 0.1) is 5.92 Å². The van der Waals surface area contributed by atoms with E-state index in [4.69, 9.17) is 4.74 Å². The van der Waals surface area contributed by atoms with Gasteiger partial charge in [0.15, 0.2) is 0 Å². The lowest BCUT2D eigenvalue weighted by Crippen LogP contribution is -2.55. The molecule has 0 heterocycles. The Morgan fingerprint density at radius 2 is 1.59 bits per heavy atom. The molecule has 102 valence electrons. The Labute approximate surface area is 106 Å². The van der Waals surface area contributed by atoms with Gasteiger partial charge in [0.1, 0.15) is 5.54 Å². The Morgan fingerprint density at radius 3 is 1.94 bits per heavy atom. The lowest BCUT2D eigenvalue weighted by molar-refractivity contribution is -0.152. The fraction of sp³-hybridized carbons (Fsp3) is 0.929. The summed E-state index contributed by atoms with van der Waals surface area (Å²) in [7, 11) is 0. The quantitative estimate of drug-likeness (QED) is 0.728. The standard InChI is InChI=1S/C14H29NO2/c1-8-11(9-2)10-17-12(16)14(6,7)15-13(3,4)5/h11,15H,8-10H2,1-7H3. The second kappa shape index (κ2) is 6.39. The van der Waals surface area contributed by atoms with Crippen molar-refractivity contribution in [3.05, 3.63) is 0 Å². The van der Waals surface area contributed by atoms with E-state index in [0.29, 0.717) is 12.5 Å². The minimum absolute atomic E-state index is 0.0998. The number of hydrogen-bond acceptors (Lipinski definition) is 3. The number of esters is 1. The Morgan fingerprint density at radius 1 is 1.12 bits per heavy atom. The van der Waals surface area contributed by atoms with E-state index in [1.165, 1.54) is 0 Å². The van der Waals surface area contributed by atoms with E-state index < -0.39 is 5.54 Å². The second-order valence-corrected chi connectivity index (χ2v) is 6.28. The zero-order valence-corrected chi connectivity index (χ0v) is 12.5. The number of nitrogens with one attached hydrogen (secondary N) is 1. The van der Waals surface area contributed by atoms with Crippen molar-refractivity contribution >= 4 is 5.97 Å². The van der Waals surface area contributed by atoms with Crippen LogP contribution < -0.4 is 5.32 Å². The van der Waals surface area contributed by atoms with E-state index in [1.807, 2.05) is 34.6 Å². The molecule has 0 unspecified atom stereocenters. The molecule has 0 aromatic carbocycles. The van der Waals surface area contributed by atoms with E-state index in [-0.39, 0.29) is 11.5 Å². The smallest absolute Gasteiger partial charge is 0.325 e. The Balaban J connectivity index is 4.30. The highest BCUT2D eigenvalue weighted by Crippen LogP contribution is 2.14. The Bertz CT molecular complexity index is 237. The maximum absolute atomic E-state index is 12.0. The third-order valence-electron chi connectivity index (χ3n) is 2.80. The molecule has 0 aromatic rings. The minimum Gasteiger partial charge on any atom is -0.464 e. The first kappa shape index (κ1) is 16.4. The molecular formula is C14H29NO2. The summed E-state index contributed by atoms with van der Waals surface area (Å²) in [5.41, 5.74) is -0.734. The van der Waals surface area contributed by atoms with Crippen LogP contribution in [0.4, 0.5) is 0 Å². The molecule has 1 N–H and O–H groups in total. The summed E-state index contributed by atoms with van der Waals surface area (Å²) in [4.78, 5) is 12.0. The van der Waals surface area contributed by atoms with Crippen LogP contribution in [-0.2, 0) is 9.53 Å². The van der Waals surface area contributed by atoms with E-state index in [9.17, 15) is 4.79 Å². The van der Waals surface area contributed by atoms with Crippen molar-refractivity contribution in [2.75, 3.05) is 6.61 Å². The molecule has 0 spiro atoms. The van der Waals surface area contributed by atoms with Crippen LogP contribution >= 0.6 is 0 Å². The molecule has 3 heteroatoms. The number of ether oxygens (including phenoxy) is 1. The van der Waals surface area contributed by atoms with Crippen molar-refractivity contribution in [3.63, 3.8) is 0 Å². The molecule has 0 amide bonds. The van der Waals surface area contributed by atoms with Crippen molar-refractivity contribution < 1.29 is 9.53 Å². The fourth-order valence-electron chi connectivity index (χ4n) is 1.89. The van der Waals surface area contributed by atoms with Gasteiger partial charge in [-0.15, -0.1) is 0 Å². The fourth-order valence-corrected chi connectivity index (χ4v) is 1.89. The average Bonchev–Trinajstić information content (AvgIpc) is 2.15. The highest BCUT2D eigenvalue weighted by atomic mass is 16.5. The Hall–Kier alpha value is -0.570. The summed E-state index contributed by atoms with van der Waals surface area (Å²) in [5, 5.41) is 3.28. The molecule has 0 aliphatic carbocycles. The number of rotatable bonds is 6. The zero-order valence-electron chi connectivity index (χ0n) is 12.5. The molecule has 3 nitrogen and oxygen atoms in total. The monoisotopic (exact) mass is 243 g/mol. The van der Waals surface area contributed by atoms with Crippen LogP contribution in [0.15, 0.2) is 0 Å². The molecule has 0 radical (unpaired) electrons. The maximum atomic E-state index is 12.0. The third-order valence-corrected chi connectivity index (χ3v) is 2.80. The van der Waals surface area contributed by atoms with Gasteiger partial charge < -0.3 is 4.74 Å². The molecule has 17 heavy (non-hydrogen) atoms. The number of carbonyl (C=O) groups is 1. The zero-order chi connectivity index (χ0) is 13.7. The van der Waals surface area contributed by atoms with Gasteiger partial charge in [-0.25, -0.2) is 0 Å². The predicted molar refractivity (Wildman–Crippen MR) is 72.0 cm³/mol.